The zero-order valence-electron chi connectivity index (χ0n) is 18.9. The molecule has 0 bridgehead atoms. The number of methoxy groups -OCH3 is 1. The van der Waals surface area contributed by atoms with Crippen molar-refractivity contribution < 1.29 is 24.0 Å². The van der Waals surface area contributed by atoms with Gasteiger partial charge in [0.25, 0.3) is 17.5 Å². The van der Waals surface area contributed by atoms with E-state index in [4.69, 9.17) is 9.47 Å². The van der Waals surface area contributed by atoms with Crippen molar-refractivity contribution >= 4 is 34.6 Å². The predicted octanol–water partition coefficient (Wildman–Crippen LogP) is 4.45. The molecule has 10 nitrogen and oxygen atoms in total. The van der Waals surface area contributed by atoms with E-state index in [-0.39, 0.29) is 23.9 Å². The Labute approximate surface area is 201 Å². The summed E-state index contributed by atoms with van der Waals surface area (Å²) in [5, 5.41) is 20.0. The van der Waals surface area contributed by atoms with Crippen LogP contribution in [0.2, 0.25) is 0 Å². The zero-order valence-corrected chi connectivity index (χ0v) is 18.9. The number of carbonyl (C=O) groups excluding carboxylic acids is 2. The van der Waals surface area contributed by atoms with E-state index < -0.39 is 16.7 Å². The Morgan fingerprint density at radius 3 is 2.37 bits per heavy atom. The van der Waals surface area contributed by atoms with Crippen LogP contribution < -0.4 is 25.4 Å². The fourth-order valence-electron chi connectivity index (χ4n) is 3.35. The second kappa shape index (κ2) is 10.6. The summed E-state index contributed by atoms with van der Waals surface area (Å²) in [7, 11) is 1.51. The van der Waals surface area contributed by atoms with Gasteiger partial charge in [0.15, 0.2) is 18.1 Å². The quantitative estimate of drug-likeness (QED) is 0.291. The first kappa shape index (κ1) is 23.6. The number of anilines is 3. The Kier molecular flexibility index (Phi) is 7.10. The smallest absolute Gasteiger partial charge is 0.293 e. The molecule has 0 radical (unpaired) electrons. The van der Waals surface area contributed by atoms with Crippen LogP contribution in [0.1, 0.15) is 23.2 Å². The zero-order chi connectivity index (χ0) is 24.8. The van der Waals surface area contributed by atoms with Crippen LogP contribution in [0.4, 0.5) is 22.7 Å². The number of ether oxygens (including phenoxy) is 2. The summed E-state index contributed by atoms with van der Waals surface area (Å²) < 4.78 is 10.7. The normalized spacial score (nSPS) is 12.4. The molecule has 0 unspecified atom stereocenters. The maximum absolute atomic E-state index is 12.7. The van der Waals surface area contributed by atoms with Crippen molar-refractivity contribution in [1.29, 1.82) is 0 Å². The maximum atomic E-state index is 12.7. The van der Waals surface area contributed by atoms with E-state index in [0.717, 1.165) is 12.8 Å². The molecule has 4 rings (SSSR count). The topological polar surface area (TPSA) is 132 Å². The number of nitro groups is 1. The highest BCUT2D eigenvalue weighted by atomic mass is 16.6. The first-order valence-electron chi connectivity index (χ1n) is 10.9. The van der Waals surface area contributed by atoms with E-state index in [1.807, 2.05) is 0 Å². The molecule has 0 atom stereocenters. The molecule has 0 aliphatic heterocycles. The number of nitro benzene ring substituents is 1. The highest BCUT2D eigenvalue weighted by molar-refractivity contribution is 6.05. The fraction of sp³-hybridized carbons (Fsp3) is 0.200. The number of carbonyl (C=O) groups is 2. The minimum absolute atomic E-state index is 0.151. The second-order valence-electron chi connectivity index (χ2n) is 7.93. The van der Waals surface area contributed by atoms with Gasteiger partial charge in [-0.2, -0.15) is 0 Å². The lowest BCUT2D eigenvalue weighted by molar-refractivity contribution is -0.384. The number of amides is 2. The van der Waals surface area contributed by atoms with Crippen molar-refractivity contribution in [2.75, 3.05) is 29.7 Å². The van der Waals surface area contributed by atoms with Crippen LogP contribution in [-0.2, 0) is 4.79 Å². The fourth-order valence-corrected chi connectivity index (χ4v) is 3.35. The molecule has 1 saturated carbocycles. The summed E-state index contributed by atoms with van der Waals surface area (Å²) in [4.78, 5) is 36.0. The minimum atomic E-state index is -0.509. The lowest BCUT2D eigenvalue weighted by Gasteiger charge is -2.12. The molecule has 0 heterocycles. The van der Waals surface area contributed by atoms with Gasteiger partial charge in [-0.05, 0) is 55.3 Å². The van der Waals surface area contributed by atoms with Gasteiger partial charge in [0.05, 0.1) is 12.0 Å². The lowest BCUT2D eigenvalue weighted by atomic mass is 10.1. The highest BCUT2D eigenvalue weighted by Crippen LogP contribution is 2.32. The number of nitrogens with zero attached hydrogens (tertiary/aromatic N) is 1. The first-order valence-corrected chi connectivity index (χ1v) is 10.9. The van der Waals surface area contributed by atoms with Crippen molar-refractivity contribution in [3.8, 4) is 11.5 Å². The highest BCUT2D eigenvalue weighted by Gasteiger charge is 2.25. The van der Waals surface area contributed by atoms with Gasteiger partial charge in [0.1, 0.15) is 5.69 Å². The van der Waals surface area contributed by atoms with E-state index in [0.29, 0.717) is 28.6 Å². The van der Waals surface area contributed by atoms with E-state index in [9.17, 15) is 19.7 Å². The van der Waals surface area contributed by atoms with Gasteiger partial charge in [-0.15, -0.1) is 0 Å². The Morgan fingerprint density at radius 2 is 1.69 bits per heavy atom. The Bertz CT molecular complexity index is 1260. The van der Waals surface area contributed by atoms with E-state index in [1.54, 1.807) is 54.6 Å². The number of rotatable bonds is 10. The Balaban J connectivity index is 1.38. The molecular formula is C25H24N4O6. The molecule has 180 valence electrons. The number of hydrogen-bond acceptors (Lipinski definition) is 7. The third kappa shape index (κ3) is 6.26. The number of para-hydroxylation sites is 2. The van der Waals surface area contributed by atoms with Crippen LogP contribution in [-0.4, -0.2) is 36.5 Å². The van der Waals surface area contributed by atoms with Gasteiger partial charge in [0, 0.05) is 29.0 Å². The molecule has 0 saturated heterocycles. The van der Waals surface area contributed by atoms with Crippen LogP contribution >= 0.6 is 0 Å². The third-order valence-corrected chi connectivity index (χ3v) is 5.23. The molecule has 3 aromatic rings. The van der Waals surface area contributed by atoms with Gasteiger partial charge in [-0.3, -0.25) is 19.7 Å². The summed E-state index contributed by atoms with van der Waals surface area (Å²) in [6.07, 6.45) is 1.94. The van der Waals surface area contributed by atoms with Gasteiger partial charge in [-0.25, -0.2) is 0 Å². The molecule has 10 heteroatoms. The first-order chi connectivity index (χ1) is 16.9. The summed E-state index contributed by atoms with van der Waals surface area (Å²) in [5.74, 6) is 0.0584. The molecule has 1 fully saturated rings. The van der Waals surface area contributed by atoms with Crippen LogP contribution in [0.25, 0.3) is 0 Å². The largest absolute Gasteiger partial charge is 0.493 e. The van der Waals surface area contributed by atoms with Gasteiger partial charge < -0.3 is 25.4 Å². The van der Waals surface area contributed by atoms with Crippen molar-refractivity contribution in [1.82, 2.24) is 0 Å². The summed E-state index contributed by atoms with van der Waals surface area (Å²) in [5.41, 5.74) is 1.26. The van der Waals surface area contributed by atoms with Crippen molar-refractivity contribution in [2.24, 2.45) is 0 Å². The number of hydrogen-bond donors (Lipinski definition) is 3. The maximum Gasteiger partial charge on any atom is 0.293 e. The van der Waals surface area contributed by atoms with Crippen molar-refractivity contribution in [2.45, 2.75) is 18.9 Å². The van der Waals surface area contributed by atoms with E-state index in [2.05, 4.69) is 16.0 Å². The average molecular weight is 476 g/mol. The van der Waals surface area contributed by atoms with Gasteiger partial charge in [-0.1, -0.05) is 18.2 Å². The number of benzene rings is 3. The van der Waals surface area contributed by atoms with Crippen molar-refractivity contribution in [3.05, 3.63) is 82.4 Å². The van der Waals surface area contributed by atoms with Gasteiger partial charge >= 0.3 is 0 Å². The molecule has 0 aromatic heterocycles. The molecule has 35 heavy (non-hydrogen) atoms. The minimum Gasteiger partial charge on any atom is -0.493 e. The van der Waals surface area contributed by atoms with Crippen LogP contribution in [0.3, 0.4) is 0 Å². The monoisotopic (exact) mass is 476 g/mol. The number of nitrogens with one attached hydrogen (secondary N) is 3. The van der Waals surface area contributed by atoms with E-state index >= 15 is 0 Å². The summed E-state index contributed by atoms with van der Waals surface area (Å²) in [6.45, 7) is -0.234. The third-order valence-electron chi connectivity index (χ3n) is 5.23. The van der Waals surface area contributed by atoms with E-state index in [1.165, 1.54) is 19.2 Å². The Hall–Kier alpha value is -4.60. The molecule has 0 spiro atoms. The molecule has 3 N–H and O–H groups in total. The molecule has 1 aliphatic carbocycles. The standard InChI is InChI=1S/C25H24N4O6/c1-34-22-7-2-3-8-23(22)35-15-24(30)27-18-5-4-6-19(14-18)28-25(31)16-9-12-20(26-17-10-11-17)21(13-16)29(32)33/h2-9,12-14,17,26H,10-11,15H2,1H3,(H,27,30)(H,28,31). The van der Waals surface area contributed by atoms with Gasteiger partial charge in [0.2, 0.25) is 0 Å². The Morgan fingerprint density at radius 1 is 0.971 bits per heavy atom. The van der Waals surface area contributed by atoms with Crippen molar-refractivity contribution in [3.63, 3.8) is 0 Å². The second-order valence-corrected chi connectivity index (χ2v) is 7.93. The van der Waals surface area contributed by atoms with Crippen LogP contribution in [0.5, 0.6) is 11.5 Å². The lowest BCUT2D eigenvalue weighted by Crippen LogP contribution is -2.20. The SMILES string of the molecule is COc1ccccc1OCC(=O)Nc1cccc(NC(=O)c2ccc(NC3CC3)c([N+](=O)[O-])c2)c1. The van der Waals surface area contributed by atoms with Crippen LogP contribution in [0.15, 0.2) is 66.7 Å². The molecule has 3 aromatic carbocycles. The molecular weight excluding hydrogens is 452 g/mol. The molecule has 2 amide bonds. The summed E-state index contributed by atoms with van der Waals surface area (Å²) in [6, 6.07) is 18.1. The van der Waals surface area contributed by atoms with Crippen LogP contribution in [0, 0.1) is 10.1 Å². The average Bonchev–Trinajstić information content (AvgIpc) is 3.67. The predicted molar refractivity (Wildman–Crippen MR) is 131 cm³/mol. The summed E-state index contributed by atoms with van der Waals surface area (Å²) >= 11 is 0. The molecule has 1 aliphatic rings.